The van der Waals surface area contributed by atoms with Crippen molar-refractivity contribution in [2.45, 2.75) is 65.8 Å². The van der Waals surface area contributed by atoms with E-state index in [-0.39, 0.29) is 0 Å². The highest BCUT2D eigenvalue weighted by Crippen LogP contribution is 2.28. The Morgan fingerprint density at radius 2 is 1.74 bits per heavy atom. The summed E-state index contributed by atoms with van der Waals surface area (Å²) >= 11 is 0. The molecule has 108 valence electrons. The summed E-state index contributed by atoms with van der Waals surface area (Å²) in [6.07, 6.45) is 5.07. The van der Waals surface area contributed by atoms with E-state index in [0.29, 0.717) is 12.0 Å². The molecule has 0 bridgehead atoms. The normalized spacial score (nSPS) is 12.5. The first-order valence-electron chi connectivity index (χ1n) is 7.45. The Morgan fingerprint density at radius 3 is 2.32 bits per heavy atom. The van der Waals surface area contributed by atoms with Gasteiger partial charge in [0.2, 0.25) is 0 Å². The maximum absolute atomic E-state index is 4.43. The van der Waals surface area contributed by atoms with Crippen molar-refractivity contribution in [1.82, 2.24) is 9.97 Å². The fraction of sp³-hybridized carbons (Fsp3) is 0.733. The second-order valence-electron chi connectivity index (χ2n) is 5.40. The van der Waals surface area contributed by atoms with Gasteiger partial charge >= 0.3 is 0 Å². The van der Waals surface area contributed by atoms with E-state index in [1.54, 1.807) is 6.33 Å². The van der Waals surface area contributed by atoms with E-state index in [1.807, 2.05) is 0 Å². The zero-order chi connectivity index (χ0) is 14.3. The van der Waals surface area contributed by atoms with Gasteiger partial charge in [-0.1, -0.05) is 34.1 Å². The predicted octanol–water partition coefficient (Wildman–Crippen LogP) is 4.02. The average Bonchev–Trinajstić information content (AvgIpc) is 2.36. The Labute approximate surface area is 117 Å². The third kappa shape index (κ3) is 4.69. The molecule has 0 aromatic carbocycles. The molecule has 4 nitrogen and oxygen atoms in total. The number of aromatic nitrogens is 2. The first-order valence-corrected chi connectivity index (χ1v) is 7.45. The molecule has 0 fully saturated rings. The van der Waals surface area contributed by atoms with E-state index in [0.717, 1.165) is 31.0 Å². The number of nitrogens with zero attached hydrogens (tertiary/aromatic N) is 2. The Balaban J connectivity index is 2.95. The Bertz CT molecular complexity index is 376. The zero-order valence-electron chi connectivity index (χ0n) is 13.0. The Kier molecular flexibility index (Phi) is 6.60. The molecule has 0 saturated heterocycles. The van der Waals surface area contributed by atoms with Crippen molar-refractivity contribution >= 4 is 11.6 Å². The van der Waals surface area contributed by atoms with Gasteiger partial charge in [-0.2, -0.15) is 0 Å². The zero-order valence-corrected chi connectivity index (χ0v) is 13.0. The molecule has 19 heavy (non-hydrogen) atoms. The van der Waals surface area contributed by atoms with Crippen LogP contribution >= 0.6 is 0 Å². The van der Waals surface area contributed by atoms with Crippen molar-refractivity contribution in [3.05, 3.63) is 11.9 Å². The lowest BCUT2D eigenvalue weighted by Gasteiger charge is -2.20. The van der Waals surface area contributed by atoms with Crippen LogP contribution in [0.2, 0.25) is 0 Å². The van der Waals surface area contributed by atoms with Gasteiger partial charge in [0.05, 0.1) is 0 Å². The molecule has 0 aliphatic rings. The molecule has 0 aliphatic heterocycles. The van der Waals surface area contributed by atoms with Crippen LogP contribution in [-0.2, 0) is 0 Å². The molecule has 1 aromatic rings. The van der Waals surface area contributed by atoms with Gasteiger partial charge in [-0.3, -0.25) is 0 Å². The minimum absolute atomic E-state index is 0.400. The van der Waals surface area contributed by atoms with Gasteiger partial charge in [-0.15, -0.1) is 0 Å². The summed E-state index contributed by atoms with van der Waals surface area (Å²) in [5, 5.41) is 6.92. The summed E-state index contributed by atoms with van der Waals surface area (Å²) in [6, 6.07) is 0.441. The Morgan fingerprint density at radius 1 is 1.05 bits per heavy atom. The van der Waals surface area contributed by atoms with Gasteiger partial charge in [0.1, 0.15) is 18.0 Å². The maximum atomic E-state index is 4.43. The van der Waals surface area contributed by atoms with Crippen LogP contribution in [0.3, 0.4) is 0 Å². The summed E-state index contributed by atoms with van der Waals surface area (Å²) in [7, 11) is 0. The number of rotatable bonds is 8. The minimum Gasteiger partial charge on any atom is -0.370 e. The topological polar surface area (TPSA) is 49.8 Å². The van der Waals surface area contributed by atoms with Gasteiger partial charge < -0.3 is 10.6 Å². The minimum atomic E-state index is 0.400. The molecule has 2 N–H and O–H groups in total. The molecule has 1 atom stereocenters. The van der Waals surface area contributed by atoms with E-state index in [2.05, 4.69) is 55.2 Å². The second-order valence-corrected chi connectivity index (χ2v) is 5.40. The molecule has 1 unspecified atom stereocenters. The van der Waals surface area contributed by atoms with Crippen LogP contribution in [0, 0.1) is 0 Å². The third-order valence-electron chi connectivity index (χ3n) is 3.11. The number of hydrogen-bond donors (Lipinski definition) is 2. The van der Waals surface area contributed by atoms with E-state index in [1.165, 1.54) is 12.0 Å². The van der Waals surface area contributed by atoms with Crippen LogP contribution in [0.4, 0.5) is 11.6 Å². The highest BCUT2D eigenvalue weighted by atomic mass is 15.1. The Hall–Kier alpha value is -1.32. The van der Waals surface area contributed by atoms with Crippen molar-refractivity contribution in [2.24, 2.45) is 0 Å². The van der Waals surface area contributed by atoms with Crippen LogP contribution in [0.15, 0.2) is 6.33 Å². The SMILES string of the molecule is CCCNc1ncnc(NC(C)CCC)c1C(C)C. The van der Waals surface area contributed by atoms with Crippen molar-refractivity contribution in [3.8, 4) is 0 Å². The van der Waals surface area contributed by atoms with Gasteiger partial charge in [0.25, 0.3) is 0 Å². The van der Waals surface area contributed by atoms with Crippen LogP contribution in [-0.4, -0.2) is 22.6 Å². The van der Waals surface area contributed by atoms with E-state index >= 15 is 0 Å². The lowest BCUT2D eigenvalue weighted by atomic mass is 10.0. The fourth-order valence-corrected chi connectivity index (χ4v) is 2.18. The molecule has 1 rings (SSSR count). The monoisotopic (exact) mass is 264 g/mol. The van der Waals surface area contributed by atoms with Gasteiger partial charge in [-0.25, -0.2) is 9.97 Å². The van der Waals surface area contributed by atoms with Gasteiger partial charge in [-0.05, 0) is 25.7 Å². The van der Waals surface area contributed by atoms with E-state index < -0.39 is 0 Å². The molecular formula is C15H28N4. The number of hydrogen-bond acceptors (Lipinski definition) is 4. The van der Waals surface area contributed by atoms with Crippen LogP contribution in [0.1, 0.15) is 65.4 Å². The lowest BCUT2D eigenvalue weighted by molar-refractivity contribution is 0.683. The summed E-state index contributed by atoms with van der Waals surface area (Å²) in [5.74, 6) is 2.35. The standard InChI is InChI=1S/C15H28N4/c1-6-8-12(5)19-15-13(11(3)4)14(16-9-7-2)17-10-18-15/h10-12H,6-9H2,1-5H3,(H2,16,17,18,19). The quantitative estimate of drug-likeness (QED) is 0.744. The molecule has 0 saturated carbocycles. The molecule has 0 aliphatic carbocycles. The number of nitrogens with one attached hydrogen (secondary N) is 2. The highest BCUT2D eigenvalue weighted by Gasteiger charge is 2.15. The first kappa shape index (κ1) is 15.7. The predicted molar refractivity (Wildman–Crippen MR) is 82.9 cm³/mol. The molecular weight excluding hydrogens is 236 g/mol. The lowest BCUT2D eigenvalue weighted by Crippen LogP contribution is -2.19. The van der Waals surface area contributed by atoms with Crippen molar-refractivity contribution in [1.29, 1.82) is 0 Å². The van der Waals surface area contributed by atoms with Crippen molar-refractivity contribution < 1.29 is 0 Å². The first-order chi connectivity index (χ1) is 9.10. The number of anilines is 2. The summed E-state index contributed by atoms with van der Waals surface area (Å²) < 4.78 is 0. The van der Waals surface area contributed by atoms with Crippen LogP contribution < -0.4 is 10.6 Å². The van der Waals surface area contributed by atoms with E-state index in [4.69, 9.17) is 0 Å². The molecule has 0 radical (unpaired) electrons. The van der Waals surface area contributed by atoms with Crippen molar-refractivity contribution in [3.63, 3.8) is 0 Å². The largest absolute Gasteiger partial charge is 0.370 e. The molecule has 1 heterocycles. The van der Waals surface area contributed by atoms with Crippen LogP contribution in [0.5, 0.6) is 0 Å². The van der Waals surface area contributed by atoms with Crippen molar-refractivity contribution in [2.75, 3.05) is 17.2 Å². The maximum Gasteiger partial charge on any atom is 0.135 e. The smallest absolute Gasteiger partial charge is 0.135 e. The van der Waals surface area contributed by atoms with Gasteiger partial charge in [0.15, 0.2) is 0 Å². The second kappa shape index (κ2) is 7.97. The van der Waals surface area contributed by atoms with E-state index in [9.17, 15) is 0 Å². The summed E-state index contributed by atoms with van der Waals surface area (Å²) in [5.41, 5.74) is 1.19. The summed E-state index contributed by atoms with van der Waals surface area (Å²) in [6.45, 7) is 11.9. The molecule has 0 amide bonds. The average molecular weight is 264 g/mol. The third-order valence-corrected chi connectivity index (χ3v) is 3.11. The molecule has 0 spiro atoms. The summed E-state index contributed by atoms with van der Waals surface area (Å²) in [4.78, 5) is 8.82. The van der Waals surface area contributed by atoms with Crippen LogP contribution in [0.25, 0.3) is 0 Å². The molecule has 1 aromatic heterocycles. The highest BCUT2D eigenvalue weighted by molar-refractivity contribution is 5.59. The fourth-order valence-electron chi connectivity index (χ4n) is 2.18. The van der Waals surface area contributed by atoms with Gasteiger partial charge in [0, 0.05) is 18.2 Å². The molecule has 4 heteroatoms.